The number of carbonyl (C=O) groups excluding carboxylic acids is 1. The average Bonchev–Trinajstić information content (AvgIpc) is 2.88. The highest BCUT2D eigenvalue weighted by Gasteiger charge is 2.34. The maximum atomic E-state index is 12.2. The SMILES string of the molecule is COc1ccc(C(=O)[C@H]2CC[C@H](C(=O)O)C2)cc1. The predicted octanol–water partition coefficient (Wildman–Crippen LogP) is 2.38. The normalized spacial score (nSPS) is 22.7. The van der Waals surface area contributed by atoms with Crippen molar-refractivity contribution in [1.82, 2.24) is 0 Å². The summed E-state index contributed by atoms with van der Waals surface area (Å²) in [5, 5.41) is 8.92. The number of carboxylic acids is 1. The number of benzene rings is 1. The van der Waals surface area contributed by atoms with Crippen LogP contribution in [0.1, 0.15) is 29.6 Å². The second-order valence-corrected chi connectivity index (χ2v) is 4.64. The maximum absolute atomic E-state index is 12.2. The van der Waals surface area contributed by atoms with Gasteiger partial charge in [-0.15, -0.1) is 0 Å². The summed E-state index contributed by atoms with van der Waals surface area (Å²) in [4.78, 5) is 23.0. The molecule has 0 aliphatic heterocycles. The summed E-state index contributed by atoms with van der Waals surface area (Å²) in [6.45, 7) is 0. The topological polar surface area (TPSA) is 63.6 Å². The Hall–Kier alpha value is -1.84. The summed E-state index contributed by atoms with van der Waals surface area (Å²) in [5.74, 6) is -0.556. The van der Waals surface area contributed by atoms with Crippen molar-refractivity contribution in [3.05, 3.63) is 29.8 Å². The molecule has 0 amide bonds. The molecule has 0 bridgehead atoms. The number of carbonyl (C=O) groups is 2. The number of ether oxygens (including phenoxy) is 1. The smallest absolute Gasteiger partial charge is 0.306 e. The van der Waals surface area contributed by atoms with E-state index in [9.17, 15) is 9.59 Å². The summed E-state index contributed by atoms with van der Waals surface area (Å²) in [7, 11) is 1.57. The molecule has 4 heteroatoms. The van der Waals surface area contributed by atoms with E-state index >= 15 is 0 Å². The number of ketones is 1. The number of aliphatic carboxylic acids is 1. The molecule has 18 heavy (non-hydrogen) atoms. The summed E-state index contributed by atoms with van der Waals surface area (Å²) in [6.07, 6.45) is 1.73. The number of methoxy groups -OCH3 is 1. The first kappa shape index (κ1) is 12.6. The van der Waals surface area contributed by atoms with Crippen LogP contribution >= 0.6 is 0 Å². The number of hydrogen-bond acceptors (Lipinski definition) is 3. The van der Waals surface area contributed by atoms with Gasteiger partial charge in [0.1, 0.15) is 5.75 Å². The summed E-state index contributed by atoms with van der Waals surface area (Å²) in [5.41, 5.74) is 0.631. The van der Waals surface area contributed by atoms with E-state index in [1.165, 1.54) is 0 Å². The standard InChI is InChI=1S/C14H16O4/c1-18-12-6-4-9(5-7-12)13(15)10-2-3-11(8-10)14(16)17/h4-7,10-11H,2-3,8H2,1H3,(H,16,17)/t10-,11-/m0/s1. The van der Waals surface area contributed by atoms with Gasteiger partial charge in [-0.25, -0.2) is 0 Å². The van der Waals surface area contributed by atoms with Gasteiger partial charge in [0.05, 0.1) is 13.0 Å². The molecule has 0 saturated heterocycles. The van der Waals surface area contributed by atoms with E-state index in [0.717, 1.165) is 0 Å². The highest BCUT2D eigenvalue weighted by Crippen LogP contribution is 2.33. The minimum atomic E-state index is -0.792. The Balaban J connectivity index is 2.05. The van der Waals surface area contributed by atoms with E-state index in [1.807, 2.05) is 0 Å². The van der Waals surface area contributed by atoms with Crippen molar-refractivity contribution in [2.24, 2.45) is 11.8 Å². The predicted molar refractivity (Wildman–Crippen MR) is 65.8 cm³/mol. The van der Waals surface area contributed by atoms with Gasteiger partial charge in [0.25, 0.3) is 0 Å². The summed E-state index contributed by atoms with van der Waals surface area (Å²) >= 11 is 0. The first-order valence-electron chi connectivity index (χ1n) is 6.03. The molecule has 96 valence electrons. The van der Waals surface area contributed by atoms with E-state index in [2.05, 4.69) is 0 Å². The number of hydrogen-bond donors (Lipinski definition) is 1. The molecule has 1 saturated carbocycles. The van der Waals surface area contributed by atoms with E-state index in [1.54, 1.807) is 31.4 Å². The third-order valence-electron chi connectivity index (χ3n) is 3.53. The molecule has 0 radical (unpaired) electrons. The molecule has 1 aromatic carbocycles. The van der Waals surface area contributed by atoms with Crippen LogP contribution in [-0.2, 0) is 4.79 Å². The maximum Gasteiger partial charge on any atom is 0.306 e. The molecule has 1 aromatic rings. The highest BCUT2D eigenvalue weighted by atomic mass is 16.5. The van der Waals surface area contributed by atoms with Gasteiger partial charge in [-0.1, -0.05) is 0 Å². The molecule has 0 unspecified atom stereocenters. The lowest BCUT2D eigenvalue weighted by atomic mass is 9.95. The summed E-state index contributed by atoms with van der Waals surface area (Å²) < 4.78 is 5.03. The van der Waals surface area contributed by atoms with Gasteiger partial charge in [0, 0.05) is 11.5 Å². The lowest BCUT2D eigenvalue weighted by molar-refractivity contribution is -0.141. The van der Waals surface area contributed by atoms with Crippen molar-refractivity contribution in [3.8, 4) is 5.75 Å². The minimum absolute atomic E-state index is 0.0430. The molecular formula is C14H16O4. The number of carboxylic acid groups (broad SMARTS) is 1. The Kier molecular flexibility index (Phi) is 3.65. The van der Waals surface area contributed by atoms with Crippen molar-refractivity contribution in [3.63, 3.8) is 0 Å². The van der Waals surface area contributed by atoms with E-state index in [-0.39, 0.29) is 17.6 Å². The Morgan fingerprint density at radius 3 is 2.28 bits per heavy atom. The molecule has 0 aromatic heterocycles. The van der Waals surface area contributed by atoms with Crippen LogP contribution in [0.5, 0.6) is 5.75 Å². The van der Waals surface area contributed by atoms with Crippen molar-refractivity contribution in [2.45, 2.75) is 19.3 Å². The van der Waals surface area contributed by atoms with Gasteiger partial charge in [0.2, 0.25) is 0 Å². The van der Waals surface area contributed by atoms with E-state index < -0.39 is 5.97 Å². The zero-order chi connectivity index (χ0) is 13.1. The third kappa shape index (κ3) is 2.53. The Labute approximate surface area is 106 Å². The van der Waals surface area contributed by atoms with Crippen LogP contribution in [-0.4, -0.2) is 24.0 Å². The molecular weight excluding hydrogens is 232 g/mol. The molecule has 2 atom stereocenters. The zero-order valence-corrected chi connectivity index (χ0v) is 10.3. The molecule has 1 fully saturated rings. The highest BCUT2D eigenvalue weighted by molar-refractivity contribution is 5.98. The zero-order valence-electron chi connectivity index (χ0n) is 10.3. The molecule has 1 aliphatic carbocycles. The minimum Gasteiger partial charge on any atom is -0.497 e. The van der Waals surface area contributed by atoms with Gasteiger partial charge in [-0.3, -0.25) is 9.59 Å². The van der Waals surface area contributed by atoms with Crippen LogP contribution in [0.2, 0.25) is 0 Å². The van der Waals surface area contributed by atoms with Crippen molar-refractivity contribution < 1.29 is 19.4 Å². The molecule has 4 nitrogen and oxygen atoms in total. The number of rotatable bonds is 4. The second-order valence-electron chi connectivity index (χ2n) is 4.64. The van der Waals surface area contributed by atoms with Crippen molar-refractivity contribution >= 4 is 11.8 Å². The first-order valence-corrected chi connectivity index (χ1v) is 6.03. The number of Topliss-reactive ketones (excluding diaryl/α,β-unsaturated/α-hetero) is 1. The molecule has 2 rings (SSSR count). The van der Waals surface area contributed by atoms with Gasteiger partial charge in [-0.2, -0.15) is 0 Å². The van der Waals surface area contributed by atoms with Crippen LogP contribution in [0.4, 0.5) is 0 Å². The fourth-order valence-electron chi connectivity index (χ4n) is 2.43. The first-order chi connectivity index (χ1) is 8.61. The fourth-order valence-corrected chi connectivity index (χ4v) is 2.43. The largest absolute Gasteiger partial charge is 0.497 e. The molecule has 1 aliphatic rings. The lowest BCUT2D eigenvalue weighted by Gasteiger charge is -2.09. The van der Waals surface area contributed by atoms with Gasteiger partial charge in [-0.05, 0) is 43.5 Å². The van der Waals surface area contributed by atoms with Crippen LogP contribution < -0.4 is 4.74 Å². The van der Waals surface area contributed by atoms with Crippen molar-refractivity contribution in [1.29, 1.82) is 0 Å². The fraction of sp³-hybridized carbons (Fsp3) is 0.429. The van der Waals surface area contributed by atoms with Crippen LogP contribution in [0, 0.1) is 11.8 Å². The van der Waals surface area contributed by atoms with Gasteiger partial charge in [0.15, 0.2) is 5.78 Å². The molecule has 0 heterocycles. The van der Waals surface area contributed by atoms with Crippen LogP contribution in [0.3, 0.4) is 0 Å². The third-order valence-corrected chi connectivity index (χ3v) is 3.53. The van der Waals surface area contributed by atoms with E-state index in [4.69, 9.17) is 9.84 Å². The monoisotopic (exact) mass is 248 g/mol. The summed E-state index contributed by atoms with van der Waals surface area (Å²) in [6, 6.07) is 6.96. The molecule has 0 spiro atoms. The van der Waals surface area contributed by atoms with Crippen LogP contribution in [0.15, 0.2) is 24.3 Å². The lowest BCUT2D eigenvalue weighted by Crippen LogP contribution is -2.14. The van der Waals surface area contributed by atoms with E-state index in [0.29, 0.717) is 30.6 Å². The van der Waals surface area contributed by atoms with Gasteiger partial charge >= 0.3 is 5.97 Å². The van der Waals surface area contributed by atoms with Crippen molar-refractivity contribution in [2.75, 3.05) is 7.11 Å². The van der Waals surface area contributed by atoms with Crippen LogP contribution in [0.25, 0.3) is 0 Å². The quantitative estimate of drug-likeness (QED) is 0.831. The van der Waals surface area contributed by atoms with Gasteiger partial charge < -0.3 is 9.84 Å². The Bertz CT molecular complexity index is 449. The Morgan fingerprint density at radius 2 is 1.78 bits per heavy atom. The molecule has 1 N–H and O–H groups in total. The average molecular weight is 248 g/mol. The second kappa shape index (κ2) is 5.21. The Morgan fingerprint density at radius 1 is 1.17 bits per heavy atom.